The molecule has 7 rings (SSSR count). The number of fused-ring (bicyclic) bond motifs is 5. The van der Waals surface area contributed by atoms with E-state index in [1.165, 1.54) is 11.1 Å². The van der Waals surface area contributed by atoms with Gasteiger partial charge in [0.25, 0.3) is 11.8 Å². The van der Waals surface area contributed by atoms with Crippen molar-refractivity contribution in [2.75, 3.05) is 22.1 Å². The van der Waals surface area contributed by atoms with Crippen LogP contribution >= 0.6 is 0 Å². The highest BCUT2D eigenvalue weighted by molar-refractivity contribution is 6.05. The molecule has 6 N–H and O–H groups in total. The fourth-order valence-electron chi connectivity index (χ4n) is 6.26. The molecule has 5 aromatic rings. The summed E-state index contributed by atoms with van der Waals surface area (Å²) in [6.07, 6.45) is 2.19. The molecule has 2 bridgehead atoms. The Hall–Kier alpha value is -5.76. The van der Waals surface area contributed by atoms with E-state index in [2.05, 4.69) is 22.8 Å². The zero-order valence-corrected chi connectivity index (χ0v) is 24.4. The van der Waals surface area contributed by atoms with Gasteiger partial charge in [0.2, 0.25) is 0 Å². The molecular formula is C37H32N4O4. The van der Waals surface area contributed by atoms with Gasteiger partial charge in [0, 0.05) is 45.7 Å². The van der Waals surface area contributed by atoms with Crippen molar-refractivity contribution in [3.8, 4) is 17.2 Å². The van der Waals surface area contributed by atoms with Gasteiger partial charge < -0.3 is 31.6 Å². The molecule has 2 amide bonds. The summed E-state index contributed by atoms with van der Waals surface area (Å²) in [5.74, 6) is 2.43. The topological polar surface area (TPSA) is 129 Å². The standard InChI is InChI=1S/C37H32N4O4/c38-24-5-1-22(2-6-24)36(42)40-26-9-13-28(14-10-26)44-30-17-18-31-32-19-20-33(34(31)21-30)35(32)45-29-15-11-27(12-16-29)41-37(43)23-3-7-25(39)8-4-23/h1-18,21,32-33,35H,19-20,38-39H2,(H,40,42)(H,41,43). The average Bonchev–Trinajstić information content (AvgIpc) is 3.58. The molecule has 2 aliphatic rings. The number of nitrogen functional groups attached to an aromatic ring is 2. The van der Waals surface area contributed by atoms with Crippen LogP contribution in [-0.4, -0.2) is 17.9 Å². The molecule has 8 heteroatoms. The Morgan fingerprint density at radius 2 is 1.02 bits per heavy atom. The van der Waals surface area contributed by atoms with Crippen molar-refractivity contribution in [2.24, 2.45) is 0 Å². The van der Waals surface area contributed by atoms with Gasteiger partial charge in [-0.05, 0) is 133 Å². The number of anilines is 4. The monoisotopic (exact) mass is 596 g/mol. The van der Waals surface area contributed by atoms with Gasteiger partial charge in [-0.3, -0.25) is 9.59 Å². The van der Waals surface area contributed by atoms with Crippen LogP contribution in [0.1, 0.15) is 56.5 Å². The molecular weight excluding hydrogens is 564 g/mol. The molecule has 0 aliphatic heterocycles. The minimum atomic E-state index is -0.203. The van der Waals surface area contributed by atoms with Crippen LogP contribution in [0, 0.1) is 0 Å². The summed E-state index contributed by atoms with van der Waals surface area (Å²) < 4.78 is 12.7. The maximum Gasteiger partial charge on any atom is 0.255 e. The number of benzene rings is 5. The number of nitrogens with two attached hydrogens (primary N) is 2. The third-order valence-electron chi connectivity index (χ3n) is 8.52. The summed E-state index contributed by atoms with van der Waals surface area (Å²) in [6, 6.07) is 34.7. The quantitative estimate of drug-likeness (QED) is 0.137. The third-order valence-corrected chi connectivity index (χ3v) is 8.52. The van der Waals surface area contributed by atoms with Crippen LogP contribution < -0.4 is 31.6 Å². The van der Waals surface area contributed by atoms with Gasteiger partial charge in [-0.25, -0.2) is 0 Å². The number of nitrogens with one attached hydrogen (secondary N) is 2. The molecule has 224 valence electrons. The molecule has 45 heavy (non-hydrogen) atoms. The van der Waals surface area contributed by atoms with Crippen LogP contribution in [0.5, 0.6) is 17.2 Å². The highest BCUT2D eigenvalue weighted by atomic mass is 16.5. The zero-order valence-electron chi connectivity index (χ0n) is 24.4. The van der Waals surface area contributed by atoms with Crippen molar-refractivity contribution in [3.05, 3.63) is 138 Å². The Morgan fingerprint density at radius 3 is 1.56 bits per heavy atom. The van der Waals surface area contributed by atoms with Crippen LogP contribution in [0.15, 0.2) is 115 Å². The molecule has 0 radical (unpaired) electrons. The van der Waals surface area contributed by atoms with E-state index >= 15 is 0 Å². The Bertz CT molecular complexity index is 1850. The first kappa shape index (κ1) is 28.0. The van der Waals surface area contributed by atoms with E-state index in [4.69, 9.17) is 20.9 Å². The Morgan fingerprint density at radius 1 is 0.556 bits per heavy atom. The van der Waals surface area contributed by atoms with Crippen molar-refractivity contribution in [1.82, 2.24) is 0 Å². The summed E-state index contributed by atoms with van der Waals surface area (Å²) in [4.78, 5) is 25.1. The van der Waals surface area contributed by atoms with Gasteiger partial charge in [-0.15, -0.1) is 0 Å². The first-order valence-electron chi connectivity index (χ1n) is 14.9. The van der Waals surface area contributed by atoms with E-state index in [1.807, 2.05) is 54.6 Å². The van der Waals surface area contributed by atoms with Gasteiger partial charge >= 0.3 is 0 Å². The number of ether oxygens (including phenoxy) is 2. The molecule has 8 nitrogen and oxygen atoms in total. The smallest absolute Gasteiger partial charge is 0.255 e. The maximum atomic E-state index is 12.6. The largest absolute Gasteiger partial charge is 0.489 e. The lowest BCUT2D eigenvalue weighted by Gasteiger charge is -2.19. The molecule has 0 aromatic heterocycles. The highest BCUT2D eigenvalue weighted by Gasteiger charge is 2.47. The van der Waals surface area contributed by atoms with Crippen LogP contribution in [0.2, 0.25) is 0 Å². The zero-order chi connectivity index (χ0) is 30.9. The molecule has 0 heterocycles. The molecule has 5 aromatic carbocycles. The van der Waals surface area contributed by atoms with Crippen molar-refractivity contribution >= 4 is 34.6 Å². The predicted molar refractivity (Wildman–Crippen MR) is 176 cm³/mol. The number of rotatable bonds is 8. The summed E-state index contributed by atoms with van der Waals surface area (Å²) in [6.45, 7) is 0. The predicted octanol–water partition coefficient (Wildman–Crippen LogP) is 7.57. The Kier molecular flexibility index (Phi) is 7.31. The fourth-order valence-corrected chi connectivity index (χ4v) is 6.26. The maximum absolute atomic E-state index is 12.6. The molecule has 1 fully saturated rings. The normalized spacial score (nSPS) is 17.7. The molecule has 2 aliphatic carbocycles. The minimum Gasteiger partial charge on any atom is -0.489 e. The van der Waals surface area contributed by atoms with Crippen molar-refractivity contribution < 1.29 is 19.1 Å². The minimum absolute atomic E-state index is 0.0504. The first-order valence-corrected chi connectivity index (χ1v) is 14.9. The van der Waals surface area contributed by atoms with E-state index in [0.717, 1.165) is 24.3 Å². The van der Waals surface area contributed by atoms with Gasteiger partial charge in [0.05, 0.1) is 0 Å². The van der Waals surface area contributed by atoms with Crippen LogP contribution in [0.4, 0.5) is 22.7 Å². The molecule has 3 atom stereocenters. The van der Waals surface area contributed by atoms with Gasteiger partial charge in [0.1, 0.15) is 23.4 Å². The van der Waals surface area contributed by atoms with Crippen LogP contribution in [0.3, 0.4) is 0 Å². The highest BCUT2D eigenvalue weighted by Crippen LogP contribution is 2.55. The Labute approximate surface area is 261 Å². The van der Waals surface area contributed by atoms with E-state index < -0.39 is 0 Å². The first-order chi connectivity index (χ1) is 21.9. The van der Waals surface area contributed by atoms with Crippen molar-refractivity contribution in [3.63, 3.8) is 0 Å². The molecule has 3 unspecified atom stereocenters. The fraction of sp³-hybridized carbons (Fsp3) is 0.135. The second kappa shape index (κ2) is 11.7. The lowest BCUT2D eigenvalue weighted by molar-refractivity contribution is 0.101. The van der Waals surface area contributed by atoms with E-state index in [9.17, 15) is 9.59 Å². The summed E-state index contributed by atoms with van der Waals surface area (Å²) in [7, 11) is 0. The molecule has 0 saturated heterocycles. The van der Waals surface area contributed by atoms with Gasteiger partial charge in [0.15, 0.2) is 0 Å². The van der Waals surface area contributed by atoms with Gasteiger partial charge in [-0.1, -0.05) is 6.07 Å². The van der Waals surface area contributed by atoms with Gasteiger partial charge in [-0.2, -0.15) is 0 Å². The van der Waals surface area contributed by atoms with E-state index in [-0.39, 0.29) is 23.8 Å². The SMILES string of the molecule is Nc1ccc(C(=O)Nc2ccc(Oc3ccc4c(c3)C3CCC4C3Oc3ccc(NC(=O)c4ccc(N)cc4)cc3)cc2)cc1. The summed E-state index contributed by atoms with van der Waals surface area (Å²) in [5, 5.41) is 5.81. The number of carbonyl (C=O) groups excluding carboxylic acids is 2. The number of carbonyl (C=O) groups is 2. The second-order valence-corrected chi connectivity index (χ2v) is 11.5. The van der Waals surface area contributed by atoms with Crippen molar-refractivity contribution in [1.29, 1.82) is 0 Å². The van der Waals surface area contributed by atoms with E-state index in [1.54, 1.807) is 48.5 Å². The van der Waals surface area contributed by atoms with E-state index in [0.29, 0.717) is 45.5 Å². The number of amides is 2. The summed E-state index contributed by atoms with van der Waals surface area (Å²) in [5.41, 5.74) is 17.7. The third kappa shape index (κ3) is 5.90. The average molecular weight is 597 g/mol. The van der Waals surface area contributed by atoms with Crippen LogP contribution in [0.25, 0.3) is 0 Å². The Balaban J connectivity index is 0.972. The molecule has 1 saturated carbocycles. The molecule has 0 spiro atoms. The number of hydrogen-bond donors (Lipinski definition) is 4. The van der Waals surface area contributed by atoms with Crippen molar-refractivity contribution in [2.45, 2.75) is 30.8 Å². The lowest BCUT2D eigenvalue weighted by Crippen LogP contribution is -2.19. The summed E-state index contributed by atoms with van der Waals surface area (Å²) >= 11 is 0. The van der Waals surface area contributed by atoms with Crippen LogP contribution in [-0.2, 0) is 0 Å². The second-order valence-electron chi connectivity index (χ2n) is 11.5. The number of hydrogen-bond acceptors (Lipinski definition) is 6. The lowest BCUT2D eigenvalue weighted by atomic mass is 9.92.